The molecule has 0 aliphatic rings. The summed E-state index contributed by atoms with van der Waals surface area (Å²) in [4.78, 5) is 0. The molecule has 0 N–H and O–H groups in total. The zero-order valence-electron chi connectivity index (χ0n) is 8.77. The highest BCUT2D eigenvalue weighted by atomic mass is 24.4. The highest BCUT2D eigenvalue weighted by Crippen LogP contribution is 2.17. The van der Waals surface area contributed by atoms with Crippen molar-refractivity contribution in [1.82, 2.24) is 0 Å². The maximum absolute atomic E-state index is 2.27. The zero-order chi connectivity index (χ0) is 9.68. The number of hydrogen-bond acceptors (Lipinski definition) is 0. The minimum Gasteiger partial charge on any atom is -0.173 e. The number of rotatable bonds is 4. The molecule has 1 aromatic rings. The van der Waals surface area contributed by atoms with Gasteiger partial charge in [0.25, 0.3) is 0 Å². The van der Waals surface area contributed by atoms with E-state index in [1.54, 1.807) is 16.7 Å². The van der Waals surface area contributed by atoms with Crippen LogP contribution in [0.15, 0.2) is 18.2 Å². The lowest BCUT2D eigenvalue weighted by Crippen LogP contribution is -1.98. The molecule has 0 atom stereocenters. The van der Waals surface area contributed by atoms with Crippen LogP contribution in [0.25, 0.3) is 0 Å². The number of hydrogen-bond donors (Lipinski definition) is 0. The molecule has 0 aliphatic heterocycles. The molecule has 0 heterocycles. The van der Waals surface area contributed by atoms with Gasteiger partial charge in [0.2, 0.25) is 21.7 Å². The highest BCUT2D eigenvalue weighted by molar-refractivity contribution is 6.08. The van der Waals surface area contributed by atoms with E-state index in [0.29, 0.717) is 0 Å². The van der Waals surface area contributed by atoms with Crippen LogP contribution < -0.4 is 0 Å². The second-order valence-electron chi connectivity index (χ2n) is 3.37. The van der Waals surface area contributed by atoms with E-state index >= 15 is 0 Å². The van der Waals surface area contributed by atoms with Crippen molar-refractivity contribution in [2.45, 2.75) is 37.7 Å². The van der Waals surface area contributed by atoms with E-state index in [2.05, 4.69) is 53.8 Å². The molecule has 0 saturated carbocycles. The van der Waals surface area contributed by atoms with Crippen LogP contribution in [0.5, 0.6) is 0 Å². The fourth-order valence-corrected chi connectivity index (χ4v) is 2.20. The predicted octanol–water partition coefficient (Wildman–Crippen LogP) is 2.94. The Balaban J connectivity index is 3.05. The molecule has 67 valence electrons. The topological polar surface area (TPSA) is 0 Å². The molecule has 1 heteroatoms. The van der Waals surface area contributed by atoms with E-state index in [1.165, 1.54) is 23.8 Å². The van der Waals surface area contributed by atoms with Crippen molar-refractivity contribution >= 4 is 21.7 Å². The third kappa shape index (κ3) is 2.71. The van der Waals surface area contributed by atoms with Gasteiger partial charge in [0.1, 0.15) is 0 Å². The number of aryl methyl sites for hydroxylation is 2. The summed E-state index contributed by atoms with van der Waals surface area (Å²) in [6.07, 6.45) is 3.60. The van der Waals surface area contributed by atoms with Crippen LogP contribution in [0.4, 0.5) is 0 Å². The van der Waals surface area contributed by atoms with Gasteiger partial charge in [0.05, 0.1) is 0 Å². The van der Waals surface area contributed by atoms with Crippen LogP contribution in [-0.4, -0.2) is 21.7 Å². The van der Waals surface area contributed by atoms with Crippen molar-refractivity contribution < 1.29 is 0 Å². The Morgan fingerprint density at radius 2 is 1.62 bits per heavy atom. The first-order valence-electron chi connectivity index (χ1n) is 5.22. The summed E-state index contributed by atoms with van der Waals surface area (Å²) < 4.78 is 1.28. The Hall–Kier alpha value is -0.0138. The SMILES string of the molecule is CCc1cccc(CC)c1C[CH2][Mg]. The minimum atomic E-state index is 1.17. The Bertz CT molecular complexity index is 244. The molecule has 0 aliphatic carbocycles. The van der Waals surface area contributed by atoms with Gasteiger partial charge in [0.15, 0.2) is 0 Å². The molecule has 13 heavy (non-hydrogen) atoms. The van der Waals surface area contributed by atoms with Gasteiger partial charge >= 0.3 is 0 Å². The third-order valence-electron chi connectivity index (χ3n) is 2.56. The summed E-state index contributed by atoms with van der Waals surface area (Å²) in [5.74, 6) is 0. The quantitative estimate of drug-likeness (QED) is 0.633. The first-order valence-corrected chi connectivity index (χ1v) is 6.22. The van der Waals surface area contributed by atoms with E-state index in [9.17, 15) is 0 Å². The molecule has 0 aromatic heterocycles. The Kier molecular flexibility index (Phi) is 4.82. The van der Waals surface area contributed by atoms with Crippen molar-refractivity contribution in [3.63, 3.8) is 0 Å². The van der Waals surface area contributed by atoms with Gasteiger partial charge in [0, 0.05) is 0 Å². The summed E-state index contributed by atoms with van der Waals surface area (Å²) in [6.45, 7) is 4.49. The molecule has 0 bridgehead atoms. The standard InChI is InChI=1S/C12H17.Mg/c1-4-10-8-7-9-11(5-2)12(10)6-3;/h7-9H,3-6H2,1-2H3;. The lowest BCUT2D eigenvalue weighted by molar-refractivity contribution is 0.980. The molecule has 0 amide bonds. The van der Waals surface area contributed by atoms with Crippen molar-refractivity contribution in [3.05, 3.63) is 34.9 Å². The van der Waals surface area contributed by atoms with Crippen LogP contribution in [0, 0.1) is 0 Å². The molecule has 0 spiro atoms. The first-order chi connectivity index (χ1) is 6.33. The minimum absolute atomic E-state index is 1.17. The van der Waals surface area contributed by atoms with Crippen LogP contribution in [0.1, 0.15) is 30.5 Å². The van der Waals surface area contributed by atoms with Crippen LogP contribution in [0.3, 0.4) is 0 Å². The van der Waals surface area contributed by atoms with E-state index in [0.717, 1.165) is 0 Å². The van der Waals surface area contributed by atoms with Crippen molar-refractivity contribution in [2.24, 2.45) is 0 Å². The van der Waals surface area contributed by atoms with Crippen molar-refractivity contribution in [2.75, 3.05) is 0 Å². The van der Waals surface area contributed by atoms with Gasteiger partial charge in [-0.25, -0.2) is 0 Å². The predicted molar refractivity (Wildman–Crippen MR) is 59.5 cm³/mol. The summed E-state index contributed by atoms with van der Waals surface area (Å²) in [6, 6.07) is 6.74. The molecular formula is C12H17Mg. The third-order valence-corrected chi connectivity index (χ3v) is 2.91. The molecule has 0 nitrogen and oxygen atoms in total. The monoisotopic (exact) mass is 185 g/mol. The zero-order valence-corrected chi connectivity index (χ0v) is 10.2. The smallest absolute Gasteiger partial charge is 0.173 e. The molecular weight excluding hydrogens is 168 g/mol. The van der Waals surface area contributed by atoms with Gasteiger partial charge in [-0.15, -0.1) is 0 Å². The molecule has 0 saturated heterocycles. The first kappa shape index (κ1) is 11.1. The van der Waals surface area contributed by atoms with E-state index in [-0.39, 0.29) is 0 Å². The largest absolute Gasteiger partial charge is 0.222 e. The van der Waals surface area contributed by atoms with Crippen LogP contribution in [-0.2, 0) is 19.3 Å². The lowest BCUT2D eigenvalue weighted by atomic mass is 9.96. The molecule has 0 unspecified atom stereocenters. The van der Waals surface area contributed by atoms with Crippen molar-refractivity contribution in [1.29, 1.82) is 0 Å². The lowest BCUT2D eigenvalue weighted by Gasteiger charge is -2.12. The Morgan fingerprint density at radius 1 is 1.08 bits per heavy atom. The fraction of sp³-hybridized carbons (Fsp3) is 0.500. The molecule has 1 aromatic carbocycles. The maximum Gasteiger partial charge on any atom is 0.222 e. The molecule has 1 radical (unpaired) electrons. The van der Waals surface area contributed by atoms with E-state index < -0.39 is 0 Å². The van der Waals surface area contributed by atoms with Crippen LogP contribution >= 0.6 is 0 Å². The van der Waals surface area contributed by atoms with Gasteiger partial charge < -0.3 is 0 Å². The summed E-state index contributed by atoms with van der Waals surface area (Å²) >= 11 is 2.07. The van der Waals surface area contributed by atoms with Gasteiger partial charge in [-0.05, 0) is 29.5 Å². The summed E-state index contributed by atoms with van der Waals surface area (Å²) in [5.41, 5.74) is 4.71. The van der Waals surface area contributed by atoms with Gasteiger partial charge in [-0.3, -0.25) is 0 Å². The Labute approximate surface area is 94.2 Å². The van der Waals surface area contributed by atoms with Crippen LogP contribution in [0.2, 0.25) is 4.55 Å². The normalized spacial score (nSPS) is 10.2. The van der Waals surface area contributed by atoms with Gasteiger partial charge in [-0.1, -0.05) is 38.5 Å². The van der Waals surface area contributed by atoms with Gasteiger partial charge in [-0.2, -0.15) is 4.55 Å². The average Bonchev–Trinajstić information content (AvgIpc) is 2.18. The fourth-order valence-electron chi connectivity index (χ4n) is 1.85. The summed E-state index contributed by atoms with van der Waals surface area (Å²) in [5, 5.41) is 0. The highest BCUT2D eigenvalue weighted by Gasteiger charge is 2.03. The maximum atomic E-state index is 2.27. The Morgan fingerprint density at radius 3 is 2.00 bits per heavy atom. The summed E-state index contributed by atoms with van der Waals surface area (Å²) in [7, 11) is 0. The average molecular weight is 186 g/mol. The molecule has 0 fully saturated rings. The second-order valence-corrected chi connectivity index (χ2v) is 4.07. The van der Waals surface area contributed by atoms with E-state index in [4.69, 9.17) is 0 Å². The second kappa shape index (κ2) is 5.66. The van der Waals surface area contributed by atoms with E-state index in [1.807, 2.05) is 0 Å². The number of benzene rings is 1. The molecule has 1 rings (SSSR count). The van der Waals surface area contributed by atoms with Crippen molar-refractivity contribution in [3.8, 4) is 0 Å².